The molecule has 3 aromatic rings. The van der Waals surface area contributed by atoms with Crippen LogP contribution >= 0.6 is 0 Å². The van der Waals surface area contributed by atoms with Crippen LogP contribution in [0.1, 0.15) is 36.7 Å². The number of aliphatic hydroxyl groups excluding tert-OH is 1. The molecule has 7 nitrogen and oxygen atoms in total. The first-order valence-electron chi connectivity index (χ1n) is 8.04. The molecule has 0 bridgehead atoms. The van der Waals surface area contributed by atoms with E-state index in [0.29, 0.717) is 35.3 Å². The summed E-state index contributed by atoms with van der Waals surface area (Å²) in [5.74, 6) is 1.74. The molecule has 0 aliphatic rings. The van der Waals surface area contributed by atoms with E-state index in [0.717, 1.165) is 0 Å². The summed E-state index contributed by atoms with van der Waals surface area (Å²) < 4.78 is 15.9. The number of furan rings is 2. The molecule has 0 aromatic carbocycles. The zero-order valence-electron chi connectivity index (χ0n) is 14.1. The smallest absolute Gasteiger partial charge is 0.263 e. The van der Waals surface area contributed by atoms with Crippen LogP contribution < -0.4 is 5.32 Å². The molecule has 132 valence electrons. The number of amides is 1. The third-order valence-electron chi connectivity index (χ3n) is 3.81. The molecule has 0 radical (unpaired) electrons. The molecule has 0 aliphatic heterocycles. The fraction of sp³-hybridized carbons (Fsp3) is 0.333. The molecule has 3 heterocycles. The number of hydrogen-bond donors (Lipinski definition) is 2. The largest absolute Gasteiger partial charge is 0.467 e. The average Bonchev–Trinajstić information content (AvgIpc) is 3.28. The summed E-state index contributed by atoms with van der Waals surface area (Å²) in [6, 6.07) is 6.68. The van der Waals surface area contributed by atoms with Crippen molar-refractivity contribution in [3.8, 4) is 11.7 Å². The summed E-state index contributed by atoms with van der Waals surface area (Å²) in [5.41, 5.74) is 0.558. The molecule has 2 unspecified atom stereocenters. The van der Waals surface area contributed by atoms with Crippen LogP contribution in [0.5, 0.6) is 0 Å². The van der Waals surface area contributed by atoms with Crippen LogP contribution in [-0.4, -0.2) is 22.0 Å². The molecule has 3 aromatic heterocycles. The Balaban J connectivity index is 1.55. The summed E-state index contributed by atoms with van der Waals surface area (Å²) >= 11 is 0. The van der Waals surface area contributed by atoms with Gasteiger partial charge in [0.1, 0.15) is 17.6 Å². The summed E-state index contributed by atoms with van der Waals surface area (Å²) in [4.78, 5) is 16.5. The maximum absolute atomic E-state index is 12.2. The fourth-order valence-electron chi connectivity index (χ4n) is 2.57. The Labute approximate surface area is 144 Å². The van der Waals surface area contributed by atoms with Gasteiger partial charge in [0.15, 0.2) is 5.76 Å². The van der Waals surface area contributed by atoms with Gasteiger partial charge >= 0.3 is 0 Å². The highest BCUT2D eigenvalue weighted by Crippen LogP contribution is 2.22. The molecule has 0 spiro atoms. The Morgan fingerprint density at radius 2 is 2.04 bits per heavy atom. The maximum atomic E-state index is 12.2. The fourth-order valence-corrected chi connectivity index (χ4v) is 2.57. The normalized spacial score (nSPS) is 13.6. The monoisotopic (exact) mass is 344 g/mol. The minimum Gasteiger partial charge on any atom is -0.467 e. The van der Waals surface area contributed by atoms with E-state index < -0.39 is 6.10 Å². The van der Waals surface area contributed by atoms with Crippen LogP contribution in [0.25, 0.3) is 11.7 Å². The van der Waals surface area contributed by atoms with E-state index in [1.165, 1.54) is 12.5 Å². The van der Waals surface area contributed by atoms with E-state index in [2.05, 4.69) is 10.3 Å². The first-order chi connectivity index (χ1) is 12.0. The van der Waals surface area contributed by atoms with Gasteiger partial charge in [0.2, 0.25) is 5.91 Å². The number of aliphatic hydroxyl groups is 1. The van der Waals surface area contributed by atoms with E-state index in [4.69, 9.17) is 13.3 Å². The third kappa shape index (κ3) is 4.19. The summed E-state index contributed by atoms with van der Waals surface area (Å²) in [7, 11) is 0. The number of nitrogens with one attached hydrogen (secondary N) is 1. The Morgan fingerprint density at radius 3 is 2.72 bits per heavy atom. The zero-order chi connectivity index (χ0) is 17.8. The van der Waals surface area contributed by atoms with E-state index in [1.54, 1.807) is 31.2 Å². The summed E-state index contributed by atoms with van der Waals surface area (Å²) in [5, 5.41) is 12.9. The van der Waals surface area contributed by atoms with Gasteiger partial charge in [0.05, 0.1) is 24.6 Å². The molecule has 1 amide bonds. The number of aromatic nitrogens is 1. The standard InChI is InChI=1S/C18H20N2O5/c1-11(9-14(21)15-5-3-7-23-15)19-17(22)10-13-12(2)25-18(20-13)16-6-4-8-24-16/h3-8,11,14,21H,9-10H2,1-2H3,(H,19,22). The number of carbonyl (C=O) groups excluding carboxylic acids is 1. The molecule has 2 N–H and O–H groups in total. The second-order valence-electron chi connectivity index (χ2n) is 5.91. The Kier molecular flexibility index (Phi) is 5.04. The lowest BCUT2D eigenvalue weighted by Gasteiger charge is -2.16. The number of rotatable bonds is 7. The van der Waals surface area contributed by atoms with Crippen molar-refractivity contribution < 1.29 is 23.2 Å². The van der Waals surface area contributed by atoms with Gasteiger partial charge in [-0.3, -0.25) is 4.79 Å². The Morgan fingerprint density at radius 1 is 1.28 bits per heavy atom. The number of aryl methyl sites for hydroxylation is 1. The van der Waals surface area contributed by atoms with E-state index >= 15 is 0 Å². The van der Waals surface area contributed by atoms with E-state index in [1.807, 2.05) is 6.92 Å². The van der Waals surface area contributed by atoms with Crippen molar-refractivity contribution in [2.45, 2.75) is 38.8 Å². The Hall–Kier alpha value is -2.80. The molecule has 0 fully saturated rings. The predicted octanol–water partition coefficient (Wildman–Crippen LogP) is 3.01. The Bertz CT molecular complexity index is 805. The minimum atomic E-state index is -0.760. The van der Waals surface area contributed by atoms with Gasteiger partial charge in [0, 0.05) is 12.5 Å². The maximum Gasteiger partial charge on any atom is 0.263 e. The first-order valence-corrected chi connectivity index (χ1v) is 8.04. The zero-order valence-corrected chi connectivity index (χ0v) is 14.1. The van der Waals surface area contributed by atoms with Crippen LogP contribution in [0.4, 0.5) is 0 Å². The second-order valence-corrected chi connectivity index (χ2v) is 5.91. The first kappa shape index (κ1) is 17.0. The lowest BCUT2D eigenvalue weighted by atomic mass is 10.1. The van der Waals surface area contributed by atoms with Crippen molar-refractivity contribution in [3.63, 3.8) is 0 Å². The van der Waals surface area contributed by atoms with Gasteiger partial charge in [-0.1, -0.05) is 0 Å². The van der Waals surface area contributed by atoms with Gasteiger partial charge in [-0.15, -0.1) is 0 Å². The van der Waals surface area contributed by atoms with E-state index in [-0.39, 0.29) is 18.4 Å². The molecule has 3 rings (SSSR count). The van der Waals surface area contributed by atoms with Crippen molar-refractivity contribution in [3.05, 3.63) is 54.0 Å². The third-order valence-corrected chi connectivity index (χ3v) is 3.81. The minimum absolute atomic E-state index is 0.0945. The number of oxazole rings is 1. The molecule has 25 heavy (non-hydrogen) atoms. The molecule has 7 heteroatoms. The quantitative estimate of drug-likeness (QED) is 0.683. The number of carbonyl (C=O) groups is 1. The van der Waals surface area contributed by atoms with Crippen LogP contribution in [0.3, 0.4) is 0 Å². The molecule has 0 saturated heterocycles. The van der Waals surface area contributed by atoms with E-state index in [9.17, 15) is 9.90 Å². The number of hydrogen-bond acceptors (Lipinski definition) is 6. The highest BCUT2D eigenvalue weighted by Gasteiger charge is 2.19. The van der Waals surface area contributed by atoms with Crippen molar-refractivity contribution in [2.75, 3.05) is 0 Å². The highest BCUT2D eigenvalue weighted by molar-refractivity contribution is 5.78. The van der Waals surface area contributed by atoms with Crippen molar-refractivity contribution in [1.82, 2.24) is 10.3 Å². The molecule has 2 atom stereocenters. The molecular formula is C18H20N2O5. The topological polar surface area (TPSA) is 102 Å². The highest BCUT2D eigenvalue weighted by atomic mass is 16.4. The van der Waals surface area contributed by atoms with Gasteiger partial charge in [-0.25, -0.2) is 4.98 Å². The van der Waals surface area contributed by atoms with Crippen LogP contribution in [0, 0.1) is 6.92 Å². The van der Waals surface area contributed by atoms with Crippen molar-refractivity contribution >= 4 is 5.91 Å². The summed E-state index contributed by atoms with van der Waals surface area (Å²) in [6.07, 6.45) is 2.73. The van der Waals surface area contributed by atoms with Gasteiger partial charge in [-0.05, 0) is 38.1 Å². The van der Waals surface area contributed by atoms with Crippen LogP contribution in [0.15, 0.2) is 50.0 Å². The van der Waals surface area contributed by atoms with Crippen molar-refractivity contribution in [1.29, 1.82) is 0 Å². The van der Waals surface area contributed by atoms with Gasteiger partial charge in [-0.2, -0.15) is 0 Å². The molecule has 0 aliphatic carbocycles. The number of nitrogens with zero attached hydrogens (tertiary/aromatic N) is 1. The average molecular weight is 344 g/mol. The van der Waals surface area contributed by atoms with Crippen LogP contribution in [0.2, 0.25) is 0 Å². The lowest BCUT2D eigenvalue weighted by molar-refractivity contribution is -0.121. The molecule has 0 saturated carbocycles. The lowest BCUT2D eigenvalue weighted by Crippen LogP contribution is -2.35. The second kappa shape index (κ2) is 7.40. The summed E-state index contributed by atoms with van der Waals surface area (Å²) in [6.45, 7) is 3.58. The van der Waals surface area contributed by atoms with Gasteiger partial charge < -0.3 is 23.7 Å². The molecular weight excluding hydrogens is 324 g/mol. The van der Waals surface area contributed by atoms with Crippen LogP contribution in [-0.2, 0) is 11.2 Å². The van der Waals surface area contributed by atoms with Crippen molar-refractivity contribution in [2.24, 2.45) is 0 Å². The van der Waals surface area contributed by atoms with Gasteiger partial charge in [0.25, 0.3) is 5.89 Å². The predicted molar refractivity (Wildman–Crippen MR) is 88.5 cm³/mol. The SMILES string of the molecule is Cc1oc(-c2ccco2)nc1CC(=O)NC(C)CC(O)c1ccco1.